The molecule has 0 aromatic heterocycles. The number of fused-ring (bicyclic) bond motifs is 1. The van der Waals surface area contributed by atoms with Crippen LogP contribution >= 0.6 is 0 Å². The van der Waals surface area contributed by atoms with Crippen LogP contribution in [0, 0.1) is 0 Å². The predicted molar refractivity (Wildman–Crippen MR) is 120 cm³/mol. The molecule has 0 aliphatic carbocycles. The average molecular weight is 418 g/mol. The number of piperidine rings is 1. The monoisotopic (exact) mass is 418 g/mol. The van der Waals surface area contributed by atoms with Gasteiger partial charge in [0.2, 0.25) is 0 Å². The molecule has 0 spiro atoms. The zero-order valence-corrected chi connectivity index (χ0v) is 17.5. The molecule has 0 saturated carbocycles. The van der Waals surface area contributed by atoms with Gasteiger partial charge in [-0.1, -0.05) is 24.3 Å². The van der Waals surface area contributed by atoms with Crippen molar-refractivity contribution in [1.29, 1.82) is 0 Å². The van der Waals surface area contributed by atoms with Gasteiger partial charge >= 0.3 is 0 Å². The number of ether oxygens (including phenoxy) is 1. The second kappa shape index (κ2) is 9.08. The fourth-order valence-electron chi connectivity index (χ4n) is 3.94. The van der Waals surface area contributed by atoms with E-state index in [0.29, 0.717) is 38.1 Å². The lowest BCUT2D eigenvalue weighted by Crippen LogP contribution is -2.46. The standard InChI is InChI=1S/C25H26N2O4/c1-2-31-21-9-7-17(8-10-21)25(30)27-13-11-20(12-14-27)26-24(29)22-15-18-5-3-4-6-19(18)16-23(22)28/h3-10,15-16,20,28H,2,11-14H2,1H3,(H,26,29). The Balaban J connectivity index is 1.35. The molecule has 31 heavy (non-hydrogen) atoms. The van der Waals surface area contributed by atoms with Crippen molar-refractivity contribution in [3.63, 3.8) is 0 Å². The molecular formula is C25H26N2O4. The first-order chi connectivity index (χ1) is 15.0. The second-order valence-corrected chi connectivity index (χ2v) is 7.71. The lowest BCUT2D eigenvalue weighted by Gasteiger charge is -2.32. The number of nitrogens with one attached hydrogen (secondary N) is 1. The maximum absolute atomic E-state index is 12.8. The largest absolute Gasteiger partial charge is 0.507 e. The molecule has 160 valence electrons. The molecule has 6 heteroatoms. The van der Waals surface area contributed by atoms with E-state index in [9.17, 15) is 14.7 Å². The van der Waals surface area contributed by atoms with Gasteiger partial charge in [0.15, 0.2) is 0 Å². The molecule has 1 heterocycles. The lowest BCUT2D eigenvalue weighted by molar-refractivity contribution is 0.0698. The van der Waals surface area contributed by atoms with E-state index in [4.69, 9.17) is 4.74 Å². The molecule has 2 amide bonds. The molecule has 1 aliphatic rings. The fourth-order valence-corrected chi connectivity index (χ4v) is 3.94. The van der Waals surface area contributed by atoms with Gasteiger partial charge in [0.1, 0.15) is 11.5 Å². The van der Waals surface area contributed by atoms with Gasteiger partial charge in [-0.3, -0.25) is 9.59 Å². The van der Waals surface area contributed by atoms with Crippen molar-refractivity contribution in [3.8, 4) is 11.5 Å². The molecule has 3 aromatic rings. The molecule has 0 unspecified atom stereocenters. The maximum atomic E-state index is 12.8. The summed E-state index contributed by atoms with van der Waals surface area (Å²) in [4.78, 5) is 27.3. The minimum Gasteiger partial charge on any atom is -0.507 e. The Morgan fingerprint density at radius 3 is 2.32 bits per heavy atom. The molecule has 6 nitrogen and oxygen atoms in total. The summed E-state index contributed by atoms with van der Waals surface area (Å²) in [6.45, 7) is 3.65. The smallest absolute Gasteiger partial charge is 0.255 e. The summed E-state index contributed by atoms with van der Waals surface area (Å²) < 4.78 is 5.42. The van der Waals surface area contributed by atoms with E-state index in [-0.39, 0.29) is 29.2 Å². The van der Waals surface area contributed by atoms with Crippen LogP contribution < -0.4 is 10.1 Å². The van der Waals surface area contributed by atoms with Crippen LogP contribution in [0.15, 0.2) is 60.7 Å². The highest BCUT2D eigenvalue weighted by Crippen LogP contribution is 2.25. The number of rotatable bonds is 5. The van der Waals surface area contributed by atoms with E-state index in [0.717, 1.165) is 16.5 Å². The normalized spacial score (nSPS) is 14.4. The van der Waals surface area contributed by atoms with Crippen LogP contribution in [-0.2, 0) is 0 Å². The Morgan fingerprint density at radius 1 is 1.03 bits per heavy atom. The van der Waals surface area contributed by atoms with Crippen molar-refractivity contribution < 1.29 is 19.4 Å². The average Bonchev–Trinajstić information content (AvgIpc) is 2.79. The molecule has 0 bridgehead atoms. The third-order valence-corrected chi connectivity index (χ3v) is 5.64. The first kappa shape index (κ1) is 20.7. The van der Waals surface area contributed by atoms with Crippen molar-refractivity contribution in [1.82, 2.24) is 10.2 Å². The van der Waals surface area contributed by atoms with E-state index in [2.05, 4.69) is 5.32 Å². The van der Waals surface area contributed by atoms with E-state index in [1.807, 2.05) is 36.1 Å². The predicted octanol–water partition coefficient (Wildman–Crippen LogP) is 3.98. The van der Waals surface area contributed by atoms with Gasteiger partial charge in [0.25, 0.3) is 11.8 Å². The van der Waals surface area contributed by atoms with Gasteiger partial charge in [-0.05, 0) is 66.9 Å². The van der Waals surface area contributed by atoms with Crippen molar-refractivity contribution >= 4 is 22.6 Å². The highest BCUT2D eigenvalue weighted by atomic mass is 16.5. The number of likely N-dealkylation sites (tertiary alicyclic amines) is 1. The Morgan fingerprint density at radius 2 is 1.68 bits per heavy atom. The summed E-state index contributed by atoms with van der Waals surface area (Å²) in [6.07, 6.45) is 1.34. The van der Waals surface area contributed by atoms with Crippen LogP contribution in [0.25, 0.3) is 10.8 Å². The van der Waals surface area contributed by atoms with Crippen LogP contribution in [0.4, 0.5) is 0 Å². The molecular weight excluding hydrogens is 392 g/mol. The number of hydrogen-bond donors (Lipinski definition) is 2. The number of hydrogen-bond acceptors (Lipinski definition) is 4. The zero-order chi connectivity index (χ0) is 21.8. The molecule has 3 aromatic carbocycles. The maximum Gasteiger partial charge on any atom is 0.255 e. The quantitative estimate of drug-likeness (QED) is 0.657. The summed E-state index contributed by atoms with van der Waals surface area (Å²) in [5, 5.41) is 15.1. The van der Waals surface area contributed by atoms with E-state index in [1.54, 1.807) is 36.4 Å². The SMILES string of the molecule is CCOc1ccc(C(=O)N2CCC(NC(=O)c3cc4ccccc4cc3O)CC2)cc1. The number of carbonyl (C=O) groups is 2. The Bertz CT molecular complexity index is 1090. The third-order valence-electron chi connectivity index (χ3n) is 5.64. The molecule has 1 fully saturated rings. The second-order valence-electron chi connectivity index (χ2n) is 7.71. The number of aromatic hydroxyl groups is 1. The molecule has 2 N–H and O–H groups in total. The van der Waals surface area contributed by atoms with E-state index < -0.39 is 0 Å². The Labute approximate surface area is 181 Å². The summed E-state index contributed by atoms with van der Waals surface area (Å²) in [5.74, 6) is 0.413. The van der Waals surface area contributed by atoms with Gasteiger partial charge in [-0.25, -0.2) is 0 Å². The number of amides is 2. The number of carbonyl (C=O) groups excluding carboxylic acids is 2. The first-order valence-corrected chi connectivity index (χ1v) is 10.6. The van der Waals surface area contributed by atoms with Gasteiger partial charge in [0, 0.05) is 24.7 Å². The van der Waals surface area contributed by atoms with Gasteiger partial charge in [-0.2, -0.15) is 0 Å². The van der Waals surface area contributed by atoms with Crippen molar-refractivity contribution in [2.24, 2.45) is 0 Å². The zero-order valence-electron chi connectivity index (χ0n) is 17.5. The molecule has 0 atom stereocenters. The first-order valence-electron chi connectivity index (χ1n) is 10.6. The Hall–Kier alpha value is -3.54. The number of benzene rings is 3. The van der Waals surface area contributed by atoms with Crippen LogP contribution in [0.2, 0.25) is 0 Å². The topological polar surface area (TPSA) is 78.9 Å². The van der Waals surface area contributed by atoms with Crippen LogP contribution in [0.5, 0.6) is 11.5 Å². The summed E-state index contributed by atoms with van der Waals surface area (Å²) in [7, 11) is 0. The lowest BCUT2D eigenvalue weighted by atomic mass is 10.0. The number of phenolic OH excluding ortho intramolecular Hbond substituents is 1. The van der Waals surface area contributed by atoms with Crippen molar-refractivity contribution in [2.45, 2.75) is 25.8 Å². The van der Waals surface area contributed by atoms with Gasteiger partial charge in [0.05, 0.1) is 12.2 Å². The minimum atomic E-state index is -0.292. The van der Waals surface area contributed by atoms with Gasteiger partial charge < -0.3 is 20.1 Å². The molecule has 0 radical (unpaired) electrons. The van der Waals surface area contributed by atoms with Crippen LogP contribution in [0.3, 0.4) is 0 Å². The van der Waals surface area contributed by atoms with E-state index >= 15 is 0 Å². The highest BCUT2D eigenvalue weighted by molar-refractivity contribution is 6.01. The fraction of sp³-hybridized carbons (Fsp3) is 0.280. The van der Waals surface area contributed by atoms with E-state index in [1.165, 1.54) is 0 Å². The summed E-state index contributed by atoms with van der Waals surface area (Å²) in [5.41, 5.74) is 0.901. The van der Waals surface area contributed by atoms with Crippen molar-refractivity contribution in [3.05, 3.63) is 71.8 Å². The number of phenols is 1. The highest BCUT2D eigenvalue weighted by Gasteiger charge is 2.25. The van der Waals surface area contributed by atoms with Crippen LogP contribution in [-0.4, -0.2) is 47.6 Å². The number of nitrogens with zero attached hydrogens (tertiary/aromatic N) is 1. The minimum absolute atomic E-state index is 0.0139. The molecule has 4 rings (SSSR count). The third kappa shape index (κ3) is 4.63. The molecule has 1 saturated heterocycles. The van der Waals surface area contributed by atoms with Gasteiger partial charge in [-0.15, -0.1) is 0 Å². The summed E-state index contributed by atoms with van der Waals surface area (Å²) in [6, 6.07) is 18.1. The van der Waals surface area contributed by atoms with Crippen molar-refractivity contribution in [2.75, 3.05) is 19.7 Å². The summed E-state index contributed by atoms with van der Waals surface area (Å²) >= 11 is 0. The van der Waals surface area contributed by atoms with Crippen LogP contribution in [0.1, 0.15) is 40.5 Å². The molecule has 1 aliphatic heterocycles. The Kier molecular flexibility index (Phi) is 6.07.